The van der Waals surface area contributed by atoms with E-state index in [2.05, 4.69) is 56.7 Å². The molecule has 0 amide bonds. The Morgan fingerprint density at radius 3 is 1.68 bits per heavy atom. The Bertz CT molecular complexity index is 222. The van der Waals surface area contributed by atoms with Crippen LogP contribution in [-0.2, 0) is 4.43 Å². The maximum atomic E-state index is 6.07. The minimum atomic E-state index is -0.341. The molecule has 0 bridgehead atoms. The standard InChI is InChI=1S/C17H41N3OSi/c1-7-17(8-2)21-22-16-15-20(13-9-11-18(3)4)14-10-12-19(5)6/h17H,7-16,22H2,1-6H3. The van der Waals surface area contributed by atoms with Gasteiger partial charge in [0.2, 0.25) is 0 Å². The van der Waals surface area contributed by atoms with Gasteiger partial charge < -0.3 is 19.1 Å². The van der Waals surface area contributed by atoms with Gasteiger partial charge in [0.05, 0.1) is 0 Å². The maximum Gasteiger partial charge on any atom is 0.163 e. The second kappa shape index (κ2) is 14.6. The van der Waals surface area contributed by atoms with Gasteiger partial charge in [0.1, 0.15) is 0 Å². The van der Waals surface area contributed by atoms with Gasteiger partial charge in [-0.2, -0.15) is 0 Å². The van der Waals surface area contributed by atoms with Gasteiger partial charge in [-0.3, -0.25) is 0 Å². The zero-order valence-electron chi connectivity index (χ0n) is 16.1. The summed E-state index contributed by atoms with van der Waals surface area (Å²) >= 11 is 0. The Morgan fingerprint density at radius 2 is 1.27 bits per heavy atom. The molecule has 0 radical (unpaired) electrons. The van der Waals surface area contributed by atoms with Crippen LogP contribution >= 0.6 is 0 Å². The van der Waals surface area contributed by atoms with Gasteiger partial charge in [-0.05, 0) is 92.6 Å². The summed E-state index contributed by atoms with van der Waals surface area (Å²) in [6, 6.07) is 1.29. The average molecular weight is 332 g/mol. The maximum absolute atomic E-state index is 6.07. The Hall–Kier alpha value is 0.0569. The highest BCUT2D eigenvalue weighted by Crippen LogP contribution is 2.04. The van der Waals surface area contributed by atoms with E-state index >= 15 is 0 Å². The minimum absolute atomic E-state index is 0.341. The van der Waals surface area contributed by atoms with Crippen LogP contribution in [0.5, 0.6) is 0 Å². The first-order chi connectivity index (χ1) is 10.5. The van der Waals surface area contributed by atoms with Crippen molar-refractivity contribution >= 4 is 9.76 Å². The lowest BCUT2D eigenvalue weighted by molar-refractivity contribution is 0.197. The predicted octanol–water partition coefficient (Wildman–Crippen LogP) is 1.90. The highest BCUT2D eigenvalue weighted by molar-refractivity contribution is 6.27. The molecule has 0 N–H and O–H groups in total. The van der Waals surface area contributed by atoms with Crippen molar-refractivity contribution in [3.05, 3.63) is 0 Å². The van der Waals surface area contributed by atoms with Crippen LogP contribution < -0.4 is 0 Å². The first-order valence-corrected chi connectivity index (χ1v) is 10.7. The number of nitrogens with zero attached hydrogens (tertiary/aromatic N) is 3. The van der Waals surface area contributed by atoms with E-state index in [0.717, 1.165) is 0 Å². The smallest absolute Gasteiger partial charge is 0.163 e. The summed E-state index contributed by atoms with van der Waals surface area (Å²) in [6.07, 6.45) is 5.38. The largest absolute Gasteiger partial charge is 0.421 e. The fourth-order valence-electron chi connectivity index (χ4n) is 2.62. The van der Waals surface area contributed by atoms with Crippen LogP contribution in [0.25, 0.3) is 0 Å². The van der Waals surface area contributed by atoms with Gasteiger partial charge in [0.25, 0.3) is 0 Å². The van der Waals surface area contributed by atoms with E-state index in [1.807, 2.05) is 0 Å². The lowest BCUT2D eigenvalue weighted by Crippen LogP contribution is -2.32. The van der Waals surface area contributed by atoms with Crippen LogP contribution in [0.1, 0.15) is 39.5 Å². The van der Waals surface area contributed by atoms with Crippen LogP contribution in [0.15, 0.2) is 0 Å². The highest BCUT2D eigenvalue weighted by atomic mass is 28.2. The fraction of sp³-hybridized carbons (Fsp3) is 1.00. The van der Waals surface area contributed by atoms with Crippen molar-refractivity contribution in [2.45, 2.75) is 51.7 Å². The monoisotopic (exact) mass is 331 g/mol. The molecular formula is C17H41N3OSi. The SMILES string of the molecule is CCC(CC)O[SiH2]CCN(CCCN(C)C)CCCN(C)C. The summed E-state index contributed by atoms with van der Waals surface area (Å²) in [5.41, 5.74) is 0. The second-order valence-corrected chi connectivity index (χ2v) is 8.27. The van der Waals surface area contributed by atoms with E-state index in [9.17, 15) is 0 Å². The normalized spacial score (nSPS) is 12.8. The quantitative estimate of drug-likeness (QED) is 0.337. The first-order valence-electron chi connectivity index (χ1n) is 9.13. The Labute approximate surface area is 142 Å². The van der Waals surface area contributed by atoms with E-state index in [0.29, 0.717) is 6.10 Å². The number of hydrogen-bond donors (Lipinski definition) is 0. The van der Waals surface area contributed by atoms with Crippen molar-refractivity contribution in [2.75, 3.05) is 60.9 Å². The molecule has 4 nitrogen and oxygen atoms in total. The van der Waals surface area contributed by atoms with Crippen molar-refractivity contribution in [1.29, 1.82) is 0 Å². The van der Waals surface area contributed by atoms with Gasteiger partial charge >= 0.3 is 0 Å². The molecule has 0 spiro atoms. The minimum Gasteiger partial charge on any atom is -0.421 e. The molecule has 0 aromatic carbocycles. The van der Waals surface area contributed by atoms with Crippen LogP contribution in [0.2, 0.25) is 6.04 Å². The Morgan fingerprint density at radius 1 is 0.773 bits per heavy atom. The summed E-state index contributed by atoms with van der Waals surface area (Å²) in [5, 5.41) is 0. The fourth-order valence-corrected chi connectivity index (χ4v) is 4.17. The molecule has 0 aliphatic heterocycles. The first kappa shape index (κ1) is 22.1. The molecule has 0 rings (SSSR count). The third-order valence-electron chi connectivity index (χ3n) is 4.04. The zero-order valence-corrected chi connectivity index (χ0v) is 17.5. The average Bonchev–Trinajstić information content (AvgIpc) is 2.46. The summed E-state index contributed by atoms with van der Waals surface area (Å²) in [7, 11) is 8.30. The van der Waals surface area contributed by atoms with Crippen LogP contribution in [0, 0.1) is 0 Å². The van der Waals surface area contributed by atoms with Crippen molar-refractivity contribution in [1.82, 2.24) is 14.7 Å². The molecule has 0 aliphatic carbocycles. The van der Waals surface area contributed by atoms with Crippen LogP contribution in [0.4, 0.5) is 0 Å². The van der Waals surface area contributed by atoms with Gasteiger partial charge in [0, 0.05) is 6.10 Å². The molecule has 0 saturated heterocycles. The van der Waals surface area contributed by atoms with E-state index < -0.39 is 0 Å². The molecular weight excluding hydrogens is 290 g/mol. The zero-order chi connectivity index (χ0) is 16.8. The molecule has 0 heterocycles. The van der Waals surface area contributed by atoms with Gasteiger partial charge in [0.15, 0.2) is 9.76 Å². The molecule has 0 fully saturated rings. The van der Waals surface area contributed by atoms with Crippen molar-refractivity contribution in [3.63, 3.8) is 0 Å². The molecule has 0 saturated carbocycles. The molecule has 0 aromatic rings. The van der Waals surface area contributed by atoms with E-state index in [1.165, 1.54) is 64.5 Å². The third-order valence-corrected chi connectivity index (χ3v) is 5.35. The Kier molecular flexibility index (Phi) is 14.7. The van der Waals surface area contributed by atoms with Crippen molar-refractivity contribution < 1.29 is 4.43 Å². The van der Waals surface area contributed by atoms with Gasteiger partial charge in [-0.1, -0.05) is 13.8 Å². The summed E-state index contributed by atoms with van der Waals surface area (Å²) in [5.74, 6) is 0. The predicted molar refractivity (Wildman–Crippen MR) is 102 cm³/mol. The van der Waals surface area contributed by atoms with E-state index in [1.54, 1.807) is 0 Å². The summed E-state index contributed by atoms with van der Waals surface area (Å²) < 4.78 is 6.07. The van der Waals surface area contributed by atoms with Crippen molar-refractivity contribution in [3.8, 4) is 0 Å². The lowest BCUT2D eigenvalue weighted by Gasteiger charge is -2.24. The van der Waals surface area contributed by atoms with Crippen molar-refractivity contribution in [2.24, 2.45) is 0 Å². The highest BCUT2D eigenvalue weighted by Gasteiger charge is 2.07. The third kappa shape index (κ3) is 13.7. The summed E-state index contributed by atoms with van der Waals surface area (Å²) in [6.45, 7) is 10.5. The lowest BCUT2D eigenvalue weighted by atomic mass is 10.2. The molecule has 22 heavy (non-hydrogen) atoms. The summed E-state index contributed by atoms with van der Waals surface area (Å²) in [4.78, 5) is 7.21. The molecule has 0 atom stereocenters. The number of rotatable bonds is 15. The number of hydrogen-bond acceptors (Lipinski definition) is 4. The molecule has 134 valence electrons. The molecule has 0 aromatic heterocycles. The molecule has 0 unspecified atom stereocenters. The van der Waals surface area contributed by atoms with Crippen LogP contribution in [-0.4, -0.2) is 91.5 Å². The second-order valence-electron chi connectivity index (χ2n) is 6.82. The van der Waals surface area contributed by atoms with E-state index in [-0.39, 0.29) is 9.76 Å². The Balaban J connectivity index is 3.94. The van der Waals surface area contributed by atoms with Gasteiger partial charge in [-0.15, -0.1) is 0 Å². The molecule has 5 heteroatoms. The van der Waals surface area contributed by atoms with Gasteiger partial charge in [-0.25, -0.2) is 0 Å². The van der Waals surface area contributed by atoms with Crippen LogP contribution in [0.3, 0.4) is 0 Å². The molecule has 0 aliphatic rings. The topological polar surface area (TPSA) is 19.0 Å². The van der Waals surface area contributed by atoms with E-state index in [4.69, 9.17) is 4.43 Å².